The molecule has 0 amide bonds. The number of nitrogens with two attached hydrogens (primary N) is 1. The maximum absolute atomic E-state index is 11.9. The summed E-state index contributed by atoms with van der Waals surface area (Å²) in [6, 6.07) is -0.611. The lowest BCUT2D eigenvalue weighted by atomic mass is 10.1. The number of halogens is 3. The quantitative estimate of drug-likeness (QED) is 0.521. The number of hydrazine groups is 1. The van der Waals surface area contributed by atoms with Crippen LogP contribution in [0.1, 0.15) is 32.1 Å². The van der Waals surface area contributed by atoms with E-state index >= 15 is 0 Å². The molecule has 3 N–H and O–H groups in total. The molecule has 5 heteroatoms. The van der Waals surface area contributed by atoms with Crippen molar-refractivity contribution in [2.45, 2.75) is 44.3 Å². The van der Waals surface area contributed by atoms with Gasteiger partial charge in [-0.25, -0.2) is 0 Å². The Morgan fingerprint density at radius 3 is 2.38 bits per heavy atom. The molecule has 0 spiro atoms. The van der Waals surface area contributed by atoms with Crippen LogP contribution in [0.25, 0.3) is 0 Å². The van der Waals surface area contributed by atoms with Crippen molar-refractivity contribution >= 4 is 0 Å². The molecule has 1 fully saturated rings. The molecule has 0 saturated heterocycles. The highest BCUT2D eigenvalue weighted by Crippen LogP contribution is 2.34. The minimum atomic E-state index is -4.11. The highest BCUT2D eigenvalue weighted by atomic mass is 19.4. The van der Waals surface area contributed by atoms with Crippen LogP contribution in [0, 0.1) is 5.92 Å². The third-order valence-corrected chi connectivity index (χ3v) is 2.33. The van der Waals surface area contributed by atoms with E-state index in [2.05, 4.69) is 5.43 Å². The van der Waals surface area contributed by atoms with Crippen LogP contribution < -0.4 is 11.3 Å². The van der Waals surface area contributed by atoms with Crippen molar-refractivity contribution in [3.05, 3.63) is 0 Å². The van der Waals surface area contributed by atoms with Crippen molar-refractivity contribution in [3.63, 3.8) is 0 Å². The number of nitrogens with one attached hydrogen (secondary N) is 1. The first kappa shape index (κ1) is 10.8. The maximum Gasteiger partial charge on any atom is 0.390 e. The molecule has 0 aromatic heterocycles. The summed E-state index contributed by atoms with van der Waals surface area (Å²) < 4.78 is 35.8. The second-order valence-electron chi connectivity index (χ2n) is 3.70. The Hall–Kier alpha value is -0.290. The fourth-order valence-electron chi connectivity index (χ4n) is 1.37. The van der Waals surface area contributed by atoms with Crippen molar-refractivity contribution in [1.29, 1.82) is 0 Å². The molecule has 0 aromatic rings. The Morgan fingerprint density at radius 2 is 2.00 bits per heavy atom. The molecule has 13 heavy (non-hydrogen) atoms. The molecule has 0 aliphatic heterocycles. The predicted octanol–water partition coefficient (Wildman–Crippen LogP) is 1.96. The lowest BCUT2D eigenvalue weighted by molar-refractivity contribution is -0.140. The third-order valence-electron chi connectivity index (χ3n) is 2.33. The summed E-state index contributed by atoms with van der Waals surface area (Å²) >= 11 is 0. The molecular formula is C8H15F3N2. The van der Waals surface area contributed by atoms with E-state index in [9.17, 15) is 13.2 Å². The molecule has 1 unspecified atom stereocenters. The number of hydrogen-bond acceptors (Lipinski definition) is 2. The van der Waals surface area contributed by atoms with Crippen LogP contribution in [0.4, 0.5) is 13.2 Å². The average Bonchev–Trinajstić information content (AvgIpc) is 2.78. The Balaban J connectivity index is 2.16. The van der Waals surface area contributed by atoms with Gasteiger partial charge in [0.1, 0.15) is 0 Å². The zero-order valence-corrected chi connectivity index (χ0v) is 7.40. The lowest BCUT2D eigenvalue weighted by Gasteiger charge is -2.17. The van der Waals surface area contributed by atoms with Gasteiger partial charge in [0.2, 0.25) is 0 Å². The van der Waals surface area contributed by atoms with Gasteiger partial charge in [0.25, 0.3) is 0 Å². The van der Waals surface area contributed by atoms with E-state index in [0.717, 1.165) is 6.42 Å². The molecule has 78 valence electrons. The van der Waals surface area contributed by atoms with Gasteiger partial charge in [0, 0.05) is 6.04 Å². The second kappa shape index (κ2) is 4.28. The molecule has 2 nitrogen and oxygen atoms in total. The zero-order valence-electron chi connectivity index (χ0n) is 7.40. The SMILES string of the molecule is NNC(CCC1CC1)CC(F)(F)F. The van der Waals surface area contributed by atoms with Crippen LogP contribution in [0.15, 0.2) is 0 Å². The highest BCUT2D eigenvalue weighted by molar-refractivity contribution is 4.77. The summed E-state index contributed by atoms with van der Waals surface area (Å²) in [7, 11) is 0. The molecule has 1 saturated carbocycles. The Labute approximate surface area is 75.6 Å². The van der Waals surface area contributed by atoms with Gasteiger partial charge in [-0.3, -0.25) is 11.3 Å². The number of hydrogen-bond donors (Lipinski definition) is 2. The second-order valence-corrected chi connectivity index (χ2v) is 3.70. The molecular weight excluding hydrogens is 181 g/mol. The Kier molecular flexibility index (Phi) is 3.55. The largest absolute Gasteiger partial charge is 0.390 e. The number of rotatable bonds is 5. The van der Waals surface area contributed by atoms with Crippen LogP contribution in [0.2, 0.25) is 0 Å². The molecule has 0 bridgehead atoms. The van der Waals surface area contributed by atoms with Crippen LogP contribution in [-0.4, -0.2) is 12.2 Å². The monoisotopic (exact) mass is 196 g/mol. The summed E-state index contributed by atoms with van der Waals surface area (Å²) in [6.07, 6.45) is -1.20. The summed E-state index contributed by atoms with van der Waals surface area (Å²) in [5.74, 6) is 5.69. The molecule has 0 aromatic carbocycles. The van der Waals surface area contributed by atoms with Gasteiger partial charge >= 0.3 is 6.18 Å². The summed E-state index contributed by atoms with van der Waals surface area (Å²) in [4.78, 5) is 0. The Bertz CT molecular complexity index is 154. The molecule has 1 aliphatic carbocycles. The predicted molar refractivity (Wildman–Crippen MR) is 43.7 cm³/mol. The first-order valence-corrected chi connectivity index (χ1v) is 4.54. The lowest BCUT2D eigenvalue weighted by Crippen LogP contribution is -2.38. The van der Waals surface area contributed by atoms with E-state index in [4.69, 9.17) is 5.84 Å². The minimum Gasteiger partial charge on any atom is -0.271 e. The van der Waals surface area contributed by atoms with E-state index in [1.807, 2.05) is 0 Å². The van der Waals surface area contributed by atoms with Crippen LogP contribution in [0.3, 0.4) is 0 Å². The van der Waals surface area contributed by atoms with Crippen LogP contribution in [0.5, 0.6) is 0 Å². The number of alkyl halides is 3. The molecule has 0 heterocycles. The van der Waals surface area contributed by atoms with Gasteiger partial charge in [0.05, 0.1) is 6.42 Å². The minimum absolute atomic E-state index is 0.528. The van der Waals surface area contributed by atoms with Crippen molar-refractivity contribution in [2.75, 3.05) is 0 Å². The highest BCUT2D eigenvalue weighted by Gasteiger charge is 2.32. The van der Waals surface area contributed by atoms with Gasteiger partial charge in [-0.1, -0.05) is 12.8 Å². The maximum atomic E-state index is 11.9. The van der Waals surface area contributed by atoms with Gasteiger partial charge in [-0.05, 0) is 18.8 Å². The van der Waals surface area contributed by atoms with Crippen molar-refractivity contribution < 1.29 is 13.2 Å². The molecule has 0 radical (unpaired) electrons. The third kappa shape index (κ3) is 5.10. The topological polar surface area (TPSA) is 38.0 Å². The smallest absolute Gasteiger partial charge is 0.271 e. The van der Waals surface area contributed by atoms with Gasteiger partial charge in [0.15, 0.2) is 0 Å². The van der Waals surface area contributed by atoms with Crippen molar-refractivity contribution in [1.82, 2.24) is 5.43 Å². The van der Waals surface area contributed by atoms with E-state index in [-0.39, 0.29) is 0 Å². The Morgan fingerprint density at radius 1 is 1.38 bits per heavy atom. The fourth-order valence-corrected chi connectivity index (χ4v) is 1.37. The van der Waals surface area contributed by atoms with E-state index in [0.29, 0.717) is 12.3 Å². The normalized spacial score (nSPS) is 20.3. The first-order valence-electron chi connectivity index (χ1n) is 4.54. The van der Waals surface area contributed by atoms with Gasteiger partial charge < -0.3 is 0 Å². The molecule has 1 atom stereocenters. The van der Waals surface area contributed by atoms with E-state index in [1.54, 1.807) is 0 Å². The van der Waals surface area contributed by atoms with Crippen LogP contribution >= 0.6 is 0 Å². The summed E-state index contributed by atoms with van der Waals surface area (Å²) in [6.45, 7) is 0. The van der Waals surface area contributed by atoms with E-state index in [1.165, 1.54) is 12.8 Å². The van der Waals surface area contributed by atoms with Gasteiger partial charge in [-0.2, -0.15) is 13.2 Å². The average molecular weight is 196 g/mol. The standard InChI is InChI=1S/C8H15F3N2/c9-8(10,11)5-7(13-12)4-3-6-1-2-6/h6-7,13H,1-5,12H2. The van der Waals surface area contributed by atoms with E-state index < -0.39 is 18.6 Å². The first-order chi connectivity index (χ1) is 6.01. The van der Waals surface area contributed by atoms with Gasteiger partial charge in [-0.15, -0.1) is 0 Å². The summed E-state index contributed by atoms with van der Waals surface area (Å²) in [5.41, 5.74) is 2.22. The summed E-state index contributed by atoms with van der Waals surface area (Å²) in [5, 5.41) is 0. The van der Waals surface area contributed by atoms with Crippen molar-refractivity contribution in [3.8, 4) is 0 Å². The molecule has 1 rings (SSSR count). The van der Waals surface area contributed by atoms with Crippen LogP contribution in [-0.2, 0) is 0 Å². The molecule has 1 aliphatic rings. The zero-order chi connectivity index (χ0) is 9.90. The van der Waals surface area contributed by atoms with Crippen molar-refractivity contribution in [2.24, 2.45) is 11.8 Å². The fraction of sp³-hybridized carbons (Fsp3) is 1.00.